The molecule has 0 aromatic carbocycles. The maximum Gasteiger partial charge on any atom is 0.522 e. The van der Waals surface area contributed by atoms with E-state index in [1.165, 1.54) is 12.8 Å². The van der Waals surface area contributed by atoms with Gasteiger partial charge in [0.05, 0.1) is 12.3 Å². The van der Waals surface area contributed by atoms with Crippen LogP contribution in [0.15, 0.2) is 0 Å². The fraction of sp³-hybridized carbons (Fsp3) is 1.00. The first-order chi connectivity index (χ1) is 12.0. The number of halogens is 3. The first kappa shape index (κ1) is 18.0. The monoisotopic (exact) mass is 362 g/mol. The zero-order valence-corrected chi connectivity index (χ0v) is 14.6. The SMILES string of the molecule is FC(F)(F)OC1CCC(C2CNC3NCC(C4CCOC4)C3C2)CC1. The molecule has 4 fully saturated rings. The van der Waals surface area contributed by atoms with Gasteiger partial charge < -0.3 is 15.4 Å². The molecule has 1 aliphatic carbocycles. The van der Waals surface area contributed by atoms with Crippen molar-refractivity contribution in [1.29, 1.82) is 0 Å². The van der Waals surface area contributed by atoms with Crippen molar-refractivity contribution in [1.82, 2.24) is 10.6 Å². The van der Waals surface area contributed by atoms with Crippen molar-refractivity contribution in [2.24, 2.45) is 29.6 Å². The van der Waals surface area contributed by atoms with Crippen molar-refractivity contribution in [3.05, 3.63) is 0 Å². The smallest absolute Gasteiger partial charge is 0.381 e. The Labute approximate surface area is 147 Å². The largest absolute Gasteiger partial charge is 0.522 e. The van der Waals surface area contributed by atoms with E-state index in [1.54, 1.807) is 0 Å². The lowest BCUT2D eigenvalue weighted by Gasteiger charge is -2.41. The Hall–Kier alpha value is -0.370. The Kier molecular flexibility index (Phi) is 5.28. The van der Waals surface area contributed by atoms with Crippen LogP contribution in [-0.2, 0) is 9.47 Å². The molecule has 7 heteroatoms. The van der Waals surface area contributed by atoms with Crippen LogP contribution in [0.4, 0.5) is 13.2 Å². The third kappa shape index (κ3) is 4.15. The van der Waals surface area contributed by atoms with Gasteiger partial charge in [0.2, 0.25) is 0 Å². The van der Waals surface area contributed by atoms with Gasteiger partial charge in [-0.2, -0.15) is 0 Å². The lowest BCUT2D eigenvalue weighted by atomic mass is 9.70. The van der Waals surface area contributed by atoms with E-state index in [1.807, 2.05) is 0 Å². The topological polar surface area (TPSA) is 42.5 Å². The molecular weight excluding hydrogens is 333 g/mol. The standard InChI is InChI=1S/C18H29F3N2O2/c19-18(20,21)25-14-3-1-11(2-4-14)13-7-15-16(12-5-6-24-10-12)9-23-17(15)22-8-13/h11-17,22-23H,1-10H2. The van der Waals surface area contributed by atoms with E-state index in [0.717, 1.165) is 39.1 Å². The van der Waals surface area contributed by atoms with Gasteiger partial charge in [-0.05, 0) is 74.7 Å². The third-order valence-corrected chi connectivity index (χ3v) is 6.98. The van der Waals surface area contributed by atoms with Crippen LogP contribution >= 0.6 is 0 Å². The number of piperidine rings is 1. The number of alkyl halides is 3. The van der Waals surface area contributed by atoms with Crippen molar-refractivity contribution in [3.63, 3.8) is 0 Å². The van der Waals surface area contributed by atoms with E-state index in [0.29, 0.717) is 48.6 Å². The molecule has 4 aliphatic rings. The molecule has 3 heterocycles. The van der Waals surface area contributed by atoms with Crippen LogP contribution in [0.25, 0.3) is 0 Å². The number of hydrogen-bond donors (Lipinski definition) is 2. The molecule has 1 saturated carbocycles. The molecule has 2 N–H and O–H groups in total. The quantitative estimate of drug-likeness (QED) is 0.810. The average molecular weight is 362 g/mol. The fourth-order valence-electron chi connectivity index (χ4n) is 5.69. The molecule has 3 aliphatic heterocycles. The van der Waals surface area contributed by atoms with Gasteiger partial charge in [-0.25, -0.2) is 0 Å². The Morgan fingerprint density at radius 2 is 1.60 bits per heavy atom. The summed E-state index contributed by atoms with van der Waals surface area (Å²) < 4.78 is 47.0. The lowest BCUT2D eigenvalue weighted by Crippen LogP contribution is -2.51. The van der Waals surface area contributed by atoms with E-state index >= 15 is 0 Å². The van der Waals surface area contributed by atoms with E-state index in [4.69, 9.17) is 4.74 Å². The van der Waals surface area contributed by atoms with E-state index in [-0.39, 0.29) is 0 Å². The van der Waals surface area contributed by atoms with Crippen molar-refractivity contribution >= 4 is 0 Å². The maximum absolute atomic E-state index is 12.4. The normalized spacial score (nSPS) is 45.5. The summed E-state index contributed by atoms with van der Waals surface area (Å²) >= 11 is 0. The summed E-state index contributed by atoms with van der Waals surface area (Å²) in [6.07, 6.45) is 0.415. The summed E-state index contributed by atoms with van der Waals surface area (Å²) in [6, 6.07) is 0. The minimum Gasteiger partial charge on any atom is -0.381 e. The minimum absolute atomic E-state index is 0.409. The summed E-state index contributed by atoms with van der Waals surface area (Å²) in [5.74, 6) is 3.08. The van der Waals surface area contributed by atoms with Crippen LogP contribution in [-0.4, -0.2) is 44.9 Å². The first-order valence-corrected chi connectivity index (χ1v) is 9.78. The first-order valence-electron chi connectivity index (χ1n) is 9.78. The molecule has 0 spiro atoms. The average Bonchev–Trinajstić information content (AvgIpc) is 3.22. The molecule has 0 amide bonds. The number of rotatable bonds is 3. The second-order valence-corrected chi connectivity index (χ2v) is 8.34. The molecule has 144 valence electrons. The second kappa shape index (κ2) is 7.33. The highest BCUT2D eigenvalue weighted by Crippen LogP contribution is 2.43. The summed E-state index contributed by atoms with van der Waals surface area (Å²) in [7, 11) is 0. The molecule has 0 aromatic rings. The van der Waals surface area contributed by atoms with Crippen LogP contribution < -0.4 is 10.6 Å². The summed E-state index contributed by atoms with van der Waals surface area (Å²) in [5.41, 5.74) is 0. The summed E-state index contributed by atoms with van der Waals surface area (Å²) in [6.45, 7) is 3.82. The second-order valence-electron chi connectivity index (χ2n) is 8.34. The molecule has 3 saturated heterocycles. The van der Waals surface area contributed by atoms with E-state index in [9.17, 15) is 13.2 Å². The molecule has 25 heavy (non-hydrogen) atoms. The van der Waals surface area contributed by atoms with Gasteiger partial charge in [-0.15, -0.1) is 13.2 Å². The molecule has 0 radical (unpaired) electrons. The number of ether oxygens (including phenoxy) is 2. The van der Waals surface area contributed by atoms with Gasteiger partial charge in [0.1, 0.15) is 0 Å². The highest BCUT2D eigenvalue weighted by Gasteiger charge is 2.46. The third-order valence-electron chi connectivity index (χ3n) is 6.98. The summed E-state index contributed by atoms with van der Waals surface area (Å²) in [5, 5.41) is 7.30. The molecule has 0 bridgehead atoms. The Bertz CT molecular complexity index is 448. The fourth-order valence-corrected chi connectivity index (χ4v) is 5.69. The molecule has 4 nitrogen and oxygen atoms in total. The molecule has 0 aromatic heterocycles. The van der Waals surface area contributed by atoms with E-state index in [2.05, 4.69) is 15.4 Å². The van der Waals surface area contributed by atoms with Gasteiger partial charge in [-0.1, -0.05) is 0 Å². The number of fused-ring (bicyclic) bond motifs is 1. The van der Waals surface area contributed by atoms with Gasteiger partial charge >= 0.3 is 6.36 Å². The highest BCUT2D eigenvalue weighted by atomic mass is 19.4. The van der Waals surface area contributed by atoms with E-state index < -0.39 is 12.5 Å². The van der Waals surface area contributed by atoms with Gasteiger partial charge in [0, 0.05) is 19.8 Å². The van der Waals surface area contributed by atoms with Crippen molar-refractivity contribution in [2.75, 3.05) is 26.3 Å². The van der Waals surface area contributed by atoms with Crippen LogP contribution in [0.2, 0.25) is 0 Å². The van der Waals surface area contributed by atoms with Crippen LogP contribution in [0.5, 0.6) is 0 Å². The molecular formula is C18H29F3N2O2. The van der Waals surface area contributed by atoms with Gasteiger partial charge in [0.25, 0.3) is 0 Å². The molecule has 5 unspecified atom stereocenters. The predicted molar refractivity (Wildman–Crippen MR) is 86.7 cm³/mol. The number of hydrogen-bond acceptors (Lipinski definition) is 4. The highest BCUT2D eigenvalue weighted by molar-refractivity contribution is 4.98. The lowest BCUT2D eigenvalue weighted by molar-refractivity contribution is -0.346. The predicted octanol–water partition coefficient (Wildman–Crippen LogP) is 2.89. The van der Waals surface area contributed by atoms with Crippen molar-refractivity contribution in [3.8, 4) is 0 Å². The summed E-state index contributed by atoms with van der Waals surface area (Å²) in [4.78, 5) is 0. The van der Waals surface area contributed by atoms with Crippen LogP contribution in [0, 0.1) is 29.6 Å². The maximum atomic E-state index is 12.4. The van der Waals surface area contributed by atoms with Gasteiger partial charge in [-0.3, -0.25) is 4.74 Å². The number of nitrogens with one attached hydrogen (secondary N) is 2. The zero-order chi connectivity index (χ0) is 17.4. The van der Waals surface area contributed by atoms with Gasteiger partial charge in [0.15, 0.2) is 0 Å². The van der Waals surface area contributed by atoms with Crippen LogP contribution in [0.1, 0.15) is 38.5 Å². The Morgan fingerprint density at radius 3 is 2.28 bits per heavy atom. The Morgan fingerprint density at radius 1 is 0.840 bits per heavy atom. The zero-order valence-electron chi connectivity index (χ0n) is 14.6. The van der Waals surface area contributed by atoms with Crippen molar-refractivity contribution < 1.29 is 22.6 Å². The Balaban J connectivity index is 1.30. The van der Waals surface area contributed by atoms with Crippen molar-refractivity contribution in [2.45, 2.75) is 57.2 Å². The van der Waals surface area contributed by atoms with Crippen LogP contribution in [0.3, 0.4) is 0 Å². The minimum atomic E-state index is -4.50. The molecule has 5 atom stereocenters. The molecule has 4 rings (SSSR count).